The molecular formula is C18H27N3O3. The van der Waals surface area contributed by atoms with Crippen LogP contribution in [0, 0.1) is 0 Å². The number of rotatable bonds is 4. The van der Waals surface area contributed by atoms with Crippen LogP contribution in [0.15, 0.2) is 23.0 Å². The van der Waals surface area contributed by atoms with Crippen molar-refractivity contribution in [3.05, 3.63) is 24.2 Å². The molecule has 1 saturated heterocycles. The second-order valence-electron chi connectivity index (χ2n) is 6.92. The monoisotopic (exact) mass is 333 g/mol. The normalized spacial score (nSPS) is 19.9. The number of carbonyl (C=O) groups excluding carboxylic acids is 2. The van der Waals surface area contributed by atoms with Gasteiger partial charge in [0.1, 0.15) is 0 Å². The van der Waals surface area contributed by atoms with E-state index in [0.717, 1.165) is 31.2 Å². The zero-order valence-corrected chi connectivity index (χ0v) is 14.1. The summed E-state index contributed by atoms with van der Waals surface area (Å²) >= 11 is 0. The molecule has 2 heterocycles. The van der Waals surface area contributed by atoms with Crippen LogP contribution in [0.2, 0.25) is 0 Å². The first-order valence-corrected chi connectivity index (χ1v) is 9.06. The van der Waals surface area contributed by atoms with Crippen LogP contribution in [-0.4, -0.2) is 42.0 Å². The minimum absolute atomic E-state index is 0.0153. The van der Waals surface area contributed by atoms with Gasteiger partial charge in [0.2, 0.25) is 5.91 Å². The predicted molar refractivity (Wildman–Crippen MR) is 90.6 cm³/mol. The van der Waals surface area contributed by atoms with Crippen molar-refractivity contribution in [2.75, 3.05) is 13.1 Å². The van der Waals surface area contributed by atoms with Gasteiger partial charge < -0.3 is 20.0 Å². The Morgan fingerprint density at radius 1 is 1.04 bits per heavy atom. The highest BCUT2D eigenvalue weighted by Crippen LogP contribution is 2.18. The average Bonchev–Trinajstić information content (AvgIpc) is 3.09. The van der Waals surface area contributed by atoms with E-state index in [9.17, 15) is 9.59 Å². The molecule has 1 aliphatic heterocycles. The first-order valence-electron chi connectivity index (χ1n) is 9.06. The molecule has 0 unspecified atom stereocenters. The van der Waals surface area contributed by atoms with Gasteiger partial charge in [0.05, 0.1) is 18.9 Å². The van der Waals surface area contributed by atoms with Gasteiger partial charge in [0.25, 0.3) is 0 Å². The number of nitrogens with zero attached hydrogens (tertiary/aromatic N) is 1. The summed E-state index contributed by atoms with van der Waals surface area (Å²) in [4.78, 5) is 26.2. The number of nitrogens with one attached hydrogen (secondary N) is 2. The molecule has 3 amide bonds. The molecule has 132 valence electrons. The molecule has 2 fully saturated rings. The zero-order chi connectivity index (χ0) is 16.8. The molecule has 24 heavy (non-hydrogen) atoms. The van der Waals surface area contributed by atoms with Crippen LogP contribution in [-0.2, 0) is 11.2 Å². The van der Waals surface area contributed by atoms with Crippen LogP contribution >= 0.6 is 0 Å². The smallest absolute Gasteiger partial charge is 0.317 e. The molecule has 6 heteroatoms. The lowest BCUT2D eigenvalue weighted by atomic mass is 9.95. The van der Waals surface area contributed by atoms with E-state index in [-0.39, 0.29) is 18.0 Å². The third-order valence-electron chi connectivity index (χ3n) is 5.02. The summed E-state index contributed by atoms with van der Waals surface area (Å²) in [5.41, 5.74) is 0.886. The molecule has 3 rings (SSSR count). The van der Waals surface area contributed by atoms with E-state index in [0.29, 0.717) is 25.6 Å². The SMILES string of the molecule is O=C(Cc1ccoc1)NC1CCN(C(=O)NC2CCCCC2)CC1. The average molecular weight is 333 g/mol. The maximum absolute atomic E-state index is 12.3. The largest absolute Gasteiger partial charge is 0.472 e. The summed E-state index contributed by atoms with van der Waals surface area (Å²) in [5.74, 6) is 0.0153. The van der Waals surface area contributed by atoms with Gasteiger partial charge in [-0.05, 0) is 37.3 Å². The fraction of sp³-hybridized carbons (Fsp3) is 0.667. The number of amides is 3. The Balaban J connectivity index is 1.37. The third-order valence-corrected chi connectivity index (χ3v) is 5.02. The molecule has 6 nitrogen and oxygen atoms in total. The molecule has 0 radical (unpaired) electrons. The summed E-state index contributed by atoms with van der Waals surface area (Å²) in [7, 11) is 0. The van der Waals surface area contributed by atoms with E-state index < -0.39 is 0 Å². The van der Waals surface area contributed by atoms with Crippen LogP contribution in [0.1, 0.15) is 50.5 Å². The number of hydrogen-bond acceptors (Lipinski definition) is 3. The van der Waals surface area contributed by atoms with Crippen molar-refractivity contribution in [3.63, 3.8) is 0 Å². The number of hydrogen-bond donors (Lipinski definition) is 2. The van der Waals surface area contributed by atoms with Gasteiger partial charge in [-0.2, -0.15) is 0 Å². The third kappa shape index (κ3) is 4.76. The molecule has 1 aliphatic carbocycles. The maximum atomic E-state index is 12.3. The van der Waals surface area contributed by atoms with Crippen LogP contribution in [0.5, 0.6) is 0 Å². The van der Waals surface area contributed by atoms with E-state index in [2.05, 4.69) is 10.6 Å². The van der Waals surface area contributed by atoms with Crippen molar-refractivity contribution < 1.29 is 14.0 Å². The maximum Gasteiger partial charge on any atom is 0.317 e. The van der Waals surface area contributed by atoms with Crippen molar-refractivity contribution in [1.82, 2.24) is 15.5 Å². The molecule has 0 bridgehead atoms. The summed E-state index contributed by atoms with van der Waals surface area (Å²) in [6.07, 6.45) is 11.1. The molecule has 0 atom stereocenters. The van der Waals surface area contributed by atoms with Crippen molar-refractivity contribution in [3.8, 4) is 0 Å². The number of carbonyl (C=O) groups is 2. The minimum Gasteiger partial charge on any atom is -0.472 e. The zero-order valence-electron chi connectivity index (χ0n) is 14.1. The Morgan fingerprint density at radius 2 is 1.75 bits per heavy atom. The molecule has 2 N–H and O–H groups in total. The standard InChI is InChI=1S/C18H27N3O3/c22-17(12-14-8-11-24-13-14)19-16-6-9-21(10-7-16)18(23)20-15-4-2-1-3-5-15/h8,11,13,15-16H,1-7,9-10,12H2,(H,19,22)(H,20,23). The fourth-order valence-electron chi connectivity index (χ4n) is 3.60. The second kappa shape index (κ2) is 8.22. The summed E-state index contributed by atoms with van der Waals surface area (Å²) < 4.78 is 4.98. The molecule has 1 aromatic rings. The van der Waals surface area contributed by atoms with E-state index in [4.69, 9.17) is 4.42 Å². The van der Waals surface area contributed by atoms with Gasteiger partial charge in [0.15, 0.2) is 0 Å². The van der Waals surface area contributed by atoms with Gasteiger partial charge in [-0.15, -0.1) is 0 Å². The fourth-order valence-corrected chi connectivity index (χ4v) is 3.60. The van der Waals surface area contributed by atoms with Gasteiger partial charge in [-0.3, -0.25) is 4.79 Å². The molecule has 0 aromatic carbocycles. The quantitative estimate of drug-likeness (QED) is 0.889. The number of urea groups is 1. The Kier molecular flexibility index (Phi) is 5.77. The summed E-state index contributed by atoms with van der Waals surface area (Å²) in [6.45, 7) is 1.41. The Morgan fingerprint density at radius 3 is 2.42 bits per heavy atom. The molecule has 0 spiro atoms. The van der Waals surface area contributed by atoms with Crippen molar-refractivity contribution >= 4 is 11.9 Å². The second-order valence-corrected chi connectivity index (χ2v) is 6.92. The van der Waals surface area contributed by atoms with Crippen LogP contribution < -0.4 is 10.6 Å². The van der Waals surface area contributed by atoms with Crippen LogP contribution in [0.3, 0.4) is 0 Å². The first kappa shape index (κ1) is 16.9. The highest BCUT2D eigenvalue weighted by Gasteiger charge is 2.25. The van der Waals surface area contributed by atoms with Gasteiger partial charge in [0, 0.05) is 25.2 Å². The Bertz CT molecular complexity index is 530. The number of likely N-dealkylation sites (tertiary alicyclic amines) is 1. The number of furan rings is 1. The highest BCUT2D eigenvalue weighted by molar-refractivity contribution is 5.79. The van der Waals surface area contributed by atoms with Crippen LogP contribution in [0.4, 0.5) is 4.79 Å². The van der Waals surface area contributed by atoms with Crippen molar-refractivity contribution in [2.24, 2.45) is 0 Å². The van der Waals surface area contributed by atoms with Crippen molar-refractivity contribution in [2.45, 2.75) is 63.5 Å². The minimum atomic E-state index is 0.0153. The molecule has 2 aliphatic rings. The molecule has 1 saturated carbocycles. The highest BCUT2D eigenvalue weighted by atomic mass is 16.3. The summed E-state index contributed by atoms with van der Waals surface area (Å²) in [5, 5.41) is 6.22. The summed E-state index contributed by atoms with van der Waals surface area (Å²) in [6, 6.07) is 2.37. The van der Waals surface area contributed by atoms with E-state index in [1.807, 2.05) is 4.90 Å². The van der Waals surface area contributed by atoms with E-state index >= 15 is 0 Å². The lowest BCUT2D eigenvalue weighted by Gasteiger charge is -2.34. The molecular weight excluding hydrogens is 306 g/mol. The van der Waals surface area contributed by atoms with E-state index in [1.165, 1.54) is 19.3 Å². The molecule has 1 aromatic heterocycles. The number of piperidine rings is 1. The lowest BCUT2D eigenvalue weighted by Crippen LogP contribution is -2.51. The predicted octanol–water partition coefficient (Wildman–Crippen LogP) is 2.45. The Hall–Kier alpha value is -1.98. The van der Waals surface area contributed by atoms with Gasteiger partial charge in [-0.25, -0.2) is 4.79 Å². The van der Waals surface area contributed by atoms with Gasteiger partial charge >= 0.3 is 6.03 Å². The van der Waals surface area contributed by atoms with E-state index in [1.54, 1.807) is 18.6 Å². The Labute approximate surface area is 143 Å². The topological polar surface area (TPSA) is 74.6 Å². The van der Waals surface area contributed by atoms with Gasteiger partial charge in [-0.1, -0.05) is 19.3 Å². The lowest BCUT2D eigenvalue weighted by molar-refractivity contribution is -0.121. The van der Waals surface area contributed by atoms with Crippen LogP contribution in [0.25, 0.3) is 0 Å². The van der Waals surface area contributed by atoms with Crippen molar-refractivity contribution in [1.29, 1.82) is 0 Å². The first-order chi connectivity index (χ1) is 11.7.